The second-order valence-corrected chi connectivity index (χ2v) is 8.31. The van der Waals surface area contributed by atoms with Gasteiger partial charge in [-0.05, 0) is 51.1 Å². The zero-order chi connectivity index (χ0) is 19.0. The van der Waals surface area contributed by atoms with Crippen molar-refractivity contribution in [2.24, 2.45) is 23.5 Å². The van der Waals surface area contributed by atoms with Gasteiger partial charge in [0, 0.05) is 18.6 Å². The van der Waals surface area contributed by atoms with Gasteiger partial charge in [-0.25, -0.2) is 9.82 Å². The molecule has 1 amide bonds. The van der Waals surface area contributed by atoms with E-state index in [1.807, 2.05) is 0 Å². The number of carbonyl (C=O) groups excluding carboxylic acids is 1. The van der Waals surface area contributed by atoms with Gasteiger partial charge >= 0.3 is 0 Å². The lowest BCUT2D eigenvalue weighted by Crippen LogP contribution is -2.60. The van der Waals surface area contributed by atoms with Crippen molar-refractivity contribution >= 4 is 5.91 Å². The van der Waals surface area contributed by atoms with E-state index in [-0.39, 0.29) is 30.5 Å². The van der Waals surface area contributed by atoms with Gasteiger partial charge in [-0.3, -0.25) is 15.1 Å². The lowest BCUT2D eigenvalue weighted by atomic mass is 9.74. The molecule has 4 heterocycles. The number of nitrogens with one attached hydrogen (secondary N) is 5. The molecule has 4 aliphatic rings. The van der Waals surface area contributed by atoms with Crippen LogP contribution >= 0.6 is 0 Å². The first kappa shape index (κ1) is 19.1. The van der Waals surface area contributed by atoms with Gasteiger partial charge in [-0.1, -0.05) is 0 Å². The summed E-state index contributed by atoms with van der Waals surface area (Å²) in [5.74, 6) is 0.209. The molecule has 0 radical (unpaired) electrons. The number of nitrogens with two attached hydrogens (primary N) is 1. The molecule has 0 aromatic carbocycles. The second-order valence-electron chi connectivity index (χ2n) is 8.31. The molecule has 0 aromatic rings. The van der Waals surface area contributed by atoms with Crippen molar-refractivity contribution in [2.75, 3.05) is 26.2 Å². The smallest absolute Gasteiger partial charge is 0.229 e. The van der Waals surface area contributed by atoms with E-state index in [1.54, 1.807) is 5.01 Å². The first-order valence-corrected chi connectivity index (χ1v) is 10.2. The fourth-order valence-electron chi connectivity index (χ4n) is 5.23. The zero-order valence-corrected chi connectivity index (χ0v) is 15.9. The van der Waals surface area contributed by atoms with E-state index in [4.69, 9.17) is 5.73 Å². The summed E-state index contributed by atoms with van der Waals surface area (Å²) in [5.41, 5.74) is 9.14. The highest BCUT2D eigenvalue weighted by molar-refractivity contribution is 5.81. The third kappa shape index (κ3) is 3.84. The monoisotopic (exact) mass is 381 g/mol. The number of carbonyl (C=O) groups is 1. The molecule has 0 aromatic heterocycles. The lowest BCUT2D eigenvalue weighted by Gasteiger charge is -2.43. The van der Waals surface area contributed by atoms with Crippen LogP contribution in [-0.2, 0) is 4.79 Å². The highest BCUT2D eigenvalue weighted by Gasteiger charge is 2.46. The van der Waals surface area contributed by atoms with Crippen LogP contribution in [-0.4, -0.2) is 61.5 Å². The van der Waals surface area contributed by atoms with Crippen LogP contribution in [0.3, 0.4) is 0 Å². The van der Waals surface area contributed by atoms with Crippen LogP contribution in [0.15, 0.2) is 12.0 Å². The predicted octanol–water partition coefficient (Wildman–Crippen LogP) is -1.07. The number of amides is 1. The van der Waals surface area contributed by atoms with Crippen LogP contribution < -0.4 is 32.4 Å². The molecule has 7 unspecified atom stereocenters. The van der Waals surface area contributed by atoms with Gasteiger partial charge < -0.3 is 21.7 Å². The van der Waals surface area contributed by atoms with Crippen molar-refractivity contribution < 1.29 is 9.18 Å². The molecular weight excluding hydrogens is 349 g/mol. The van der Waals surface area contributed by atoms with E-state index in [0.717, 1.165) is 26.1 Å². The Kier molecular flexibility index (Phi) is 5.65. The van der Waals surface area contributed by atoms with E-state index < -0.39 is 12.1 Å². The Balaban J connectivity index is 1.44. The molecular formula is C18H32FN7O. The molecule has 0 bridgehead atoms. The third-order valence-corrected chi connectivity index (χ3v) is 6.62. The molecule has 4 rings (SSSR count). The second kappa shape index (κ2) is 8.00. The zero-order valence-electron chi connectivity index (χ0n) is 15.9. The van der Waals surface area contributed by atoms with Gasteiger partial charge in [0.05, 0.1) is 18.9 Å². The highest BCUT2D eigenvalue weighted by Crippen LogP contribution is 2.32. The van der Waals surface area contributed by atoms with Crippen molar-refractivity contribution in [3.05, 3.63) is 12.0 Å². The van der Waals surface area contributed by atoms with E-state index in [9.17, 15) is 9.18 Å². The van der Waals surface area contributed by atoms with Crippen LogP contribution in [0.2, 0.25) is 0 Å². The summed E-state index contributed by atoms with van der Waals surface area (Å²) < 4.78 is 13.5. The number of piperidine rings is 2. The number of rotatable bonds is 3. The fraction of sp³-hybridized carbons (Fsp3) is 0.833. The maximum absolute atomic E-state index is 13.5. The Hall–Kier alpha value is -1.26. The molecule has 3 fully saturated rings. The third-order valence-electron chi connectivity index (χ3n) is 6.62. The average Bonchev–Trinajstić information content (AvgIpc) is 2.97. The normalized spacial score (nSPS) is 42.4. The van der Waals surface area contributed by atoms with Gasteiger partial charge in [0.1, 0.15) is 17.9 Å². The molecule has 9 heteroatoms. The Morgan fingerprint density at radius 3 is 2.96 bits per heavy atom. The molecule has 152 valence electrons. The Bertz CT molecular complexity index is 588. The molecule has 0 spiro atoms. The van der Waals surface area contributed by atoms with Crippen molar-refractivity contribution in [1.29, 1.82) is 0 Å². The van der Waals surface area contributed by atoms with Crippen molar-refractivity contribution in [3.63, 3.8) is 0 Å². The average molecular weight is 382 g/mol. The summed E-state index contributed by atoms with van der Waals surface area (Å²) in [5, 5.41) is 14.9. The van der Waals surface area contributed by atoms with Crippen LogP contribution in [0, 0.1) is 17.8 Å². The maximum Gasteiger partial charge on any atom is 0.229 e. The summed E-state index contributed by atoms with van der Waals surface area (Å²) in [6.07, 6.45) is 3.97. The number of hydrogen-bond donors (Lipinski definition) is 6. The summed E-state index contributed by atoms with van der Waals surface area (Å²) >= 11 is 0. The molecule has 7 N–H and O–H groups in total. The molecule has 7 atom stereocenters. The van der Waals surface area contributed by atoms with Gasteiger partial charge in [-0.2, -0.15) is 0 Å². The van der Waals surface area contributed by atoms with Crippen LogP contribution in [0.25, 0.3) is 0 Å². The predicted molar refractivity (Wildman–Crippen MR) is 101 cm³/mol. The van der Waals surface area contributed by atoms with E-state index in [2.05, 4.69) is 33.6 Å². The van der Waals surface area contributed by atoms with Crippen molar-refractivity contribution in [2.45, 2.75) is 50.6 Å². The number of hydrazine groups is 1. The number of hydrogen-bond acceptors (Lipinski definition) is 7. The van der Waals surface area contributed by atoms with Crippen molar-refractivity contribution in [3.8, 4) is 0 Å². The summed E-state index contributed by atoms with van der Waals surface area (Å²) in [6.45, 7) is 5.23. The highest BCUT2D eigenvalue weighted by atomic mass is 19.1. The molecule has 4 aliphatic heterocycles. The number of nitrogens with zero attached hydrogens (tertiary/aromatic N) is 1. The van der Waals surface area contributed by atoms with Gasteiger partial charge in [-0.15, -0.1) is 0 Å². The summed E-state index contributed by atoms with van der Waals surface area (Å²) in [6, 6.07) is 0.566. The standard InChI is InChI=1S/C18H32FN7O/c1-10-12(3-2-5-22-10)13-4-6-21-8-14(13)24-18(27)15-16(20)25-26-9-11(19)7-23-17(15)26/h9-10,12-17,21-23,25H,2-8,20H2,1H3,(H,24,27). The van der Waals surface area contributed by atoms with Crippen LogP contribution in [0.1, 0.15) is 26.2 Å². The first-order chi connectivity index (χ1) is 13.0. The van der Waals surface area contributed by atoms with Gasteiger partial charge in [0.15, 0.2) is 0 Å². The summed E-state index contributed by atoms with van der Waals surface area (Å²) in [7, 11) is 0. The Labute approximate surface area is 159 Å². The number of fused-ring (bicyclic) bond motifs is 1. The molecule has 8 nitrogen and oxygen atoms in total. The maximum atomic E-state index is 13.5. The van der Waals surface area contributed by atoms with E-state index >= 15 is 0 Å². The van der Waals surface area contributed by atoms with Crippen LogP contribution in [0.5, 0.6) is 0 Å². The van der Waals surface area contributed by atoms with E-state index in [0.29, 0.717) is 17.9 Å². The minimum absolute atomic E-state index is 0.0687. The Morgan fingerprint density at radius 1 is 1.30 bits per heavy atom. The topological polar surface area (TPSA) is 106 Å². The minimum atomic E-state index is -0.546. The Morgan fingerprint density at radius 2 is 2.15 bits per heavy atom. The van der Waals surface area contributed by atoms with Gasteiger partial charge in [0.2, 0.25) is 5.91 Å². The molecule has 3 saturated heterocycles. The fourth-order valence-corrected chi connectivity index (χ4v) is 5.23. The lowest BCUT2D eigenvalue weighted by molar-refractivity contribution is -0.127. The van der Waals surface area contributed by atoms with Crippen LogP contribution in [0.4, 0.5) is 4.39 Å². The molecule has 0 aliphatic carbocycles. The first-order valence-electron chi connectivity index (χ1n) is 10.2. The largest absolute Gasteiger partial charge is 0.351 e. The molecule has 0 saturated carbocycles. The van der Waals surface area contributed by atoms with E-state index in [1.165, 1.54) is 19.0 Å². The molecule has 27 heavy (non-hydrogen) atoms. The minimum Gasteiger partial charge on any atom is -0.351 e. The number of halogens is 1. The quantitative estimate of drug-likeness (QED) is 0.370. The van der Waals surface area contributed by atoms with Crippen molar-refractivity contribution in [1.82, 2.24) is 31.7 Å². The summed E-state index contributed by atoms with van der Waals surface area (Å²) in [4.78, 5) is 13.1. The van der Waals surface area contributed by atoms with Gasteiger partial charge in [0.25, 0.3) is 0 Å². The SMILES string of the molecule is CC1NCCCC1C1CCNCC1NC(=O)C1C(N)NN2C=C(F)CNC12.